The van der Waals surface area contributed by atoms with Gasteiger partial charge in [-0.15, -0.1) is 0 Å². The molecule has 0 bridgehead atoms. The van der Waals surface area contributed by atoms with E-state index >= 15 is 0 Å². The minimum absolute atomic E-state index is 0.0635. The van der Waals surface area contributed by atoms with Crippen LogP contribution in [0.25, 0.3) is 0 Å². The van der Waals surface area contributed by atoms with E-state index in [-0.39, 0.29) is 18.0 Å². The van der Waals surface area contributed by atoms with Crippen molar-refractivity contribution in [2.45, 2.75) is 32.3 Å². The van der Waals surface area contributed by atoms with Gasteiger partial charge in [-0.3, -0.25) is 4.79 Å². The molecule has 1 fully saturated rings. The lowest BCUT2D eigenvalue weighted by molar-refractivity contribution is -0.132. The van der Waals surface area contributed by atoms with Gasteiger partial charge in [-0.05, 0) is 18.6 Å². The summed E-state index contributed by atoms with van der Waals surface area (Å²) in [6.07, 6.45) is 3.74. The van der Waals surface area contributed by atoms with Crippen LogP contribution in [0.15, 0.2) is 18.3 Å². The molecular formula is C16H24N4O3. The van der Waals surface area contributed by atoms with Gasteiger partial charge in [0.05, 0.1) is 0 Å². The Kier molecular flexibility index (Phi) is 6.19. The molecule has 0 atom stereocenters. The number of hydrogen-bond donors (Lipinski definition) is 2. The van der Waals surface area contributed by atoms with Crippen LogP contribution in [0, 0.1) is 6.92 Å². The molecule has 0 aliphatic carbocycles. The lowest BCUT2D eigenvalue weighted by Crippen LogP contribution is -2.43. The Morgan fingerprint density at radius 1 is 1.39 bits per heavy atom. The molecule has 0 saturated carbocycles. The maximum absolute atomic E-state index is 12.1. The summed E-state index contributed by atoms with van der Waals surface area (Å²) in [7, 11) is 1.55. The number of carbonyl (C=O) groups excluding carboxylic acids is 2. The number of aryl methyl sites for hydroxylation is 1. The second-order valence-electron chi connectivity index (χ2n) is 5.63. The van der Waals surface area contributed by atoms with E-state index in [0.717, 1.165) is 18.4 Å². The first kappa shape index (κ1) is 17.1. The number of pyridine rings is 1. The largest absolute Gasteiger partial charge is 0.474 e. The Balaban J connectivity index is 1.71. The van der Waals surface area contributed by atoms with Crippen LogP contribution in [-0.4, -0.2) is 54.6 Å². The third-order valence-electron chi connectivity index (χ3n) is 3.82. The molecule has 2 N–H and O–H groups in total. The maximum Gasteiger partial charge on any atom is 0.314 e. The highest BCUT2D eigenvalue weighted by Crippen LogP contribution is 2.18. The second kappa shape index (κ2) is 8.36. The summed E-state index contributed by atoms with van der Waals surface area (Å²) in [4.78, 5) is 29.2. The van der Waals surface area contributed by atoms with Crippen molar-refractivity contribution in [3.8, 4) is 5.88 Å². The van der Waals surface area contributed by atoms with Crippen LogP contribution in [0.2, 0.25) is 0 Å². The monoisotopic (exact) mass is 320 g/mol. The van der Waals surface area contributed by atoms with Crippen molar-refractivity contribution in [1.29, 1.82) is 0 Å². The molecule has 0 unspecified atom stereocenters. The SMILES string of the molecule is CNC(=O)NCCC(=O)N1CCC(Oc2cc(C)ccn2)CC1. The molecule has 7 nitrogen and oxygen atoms in total. The normalized spacial score (nSPS) is 15.1. The highest BCUT2D eigenvalue weighted by Gasteiger charge is 2.23. The zero-order valence-corrected chi connectivity index (χ0v) is 13.7. The Hall–Kier alpha value is -2.31. The van der Waals surface area contributed by atoms with E-state index in [4.69, 9.17) is 4.74 Å². The number of rotatable bonds is 5. The molecule has 2 heterocycles. The molecule has 1 aromatic rings. The molecular weight excluding hydrogens is 296 g/mol. The van der Waals surface area contributed by atoms with Crippen LogP contribution >= 0.6 is 0 Å². The summed E-state index contributed by atoms with van der Waals surface area (Å²) >= 11 is 0. The summed E-state index contributed by atoms with van der Waals surface area (Å²) in [5.41, 5.74) is 1.12. The number of nitrogens with zero attached hydrogens (tertiary/aromatic N) is 2. The molecule has 2 rings (SSSR count). The average Bonchev–Trinajstić information content (AvgIpc) is 2.55. The summed E-state index contributed by atoms with van der Waals surface area (Å²) in [5, 5.41) is 5.07. The molecule has 0 spiro atoms. The number of aromatic nitrogens is 1. The lowest BCUT2D eigenvalue weighted by Gasteiger charge is -2.32. The van der Waals surface area contributed by atoms with Crippen LogP contribution in [0.4, 0.5) is 4.79 Å². The minimum Gasteiger partial charge on any atom is -0.474 e. The van der Waals surface area contributed by atoms with Crippen molar-refractivity contribution in [2.75, 3.05) is 26.7 Å². The molecule has 0 radical (unpaired) electrons. The van der Waals surface area contributed by atoms with E-state index in [1.165, 1.54) is 0 Å². The highest BCUT2D eigenvalue weighted by atomic mass is 16.5. The van der Waals surface area contributed by atoms with Gasteiger partial charge in [0.1, 0.15) is 6.10 Å². The first-order chi connectivity index (χ1) is 11.1. The van der Waals surface area contributed by atoms with Crippen molar-refractivity contribution in [1.82, 2.24) is 20.5 Å². The number of likely N-dealkylation sites (tertiary alicyclic amines) is 1. The third-order valence-corrected chi connectivity index (χ3v) is 3.82. The van der Waals surface area contributed by atoms with Crippen LogP contribution in [0.1, 0.15) is 24.8 Å². The van der Waals surface area contributed by atoms with E-state index < -0.39 is 0 Å². The highest BCUT2D eigenvalue weighted by molar-refractivity contribution is 5.78. The molecule has 1 aliphatic heterocycles. The molecule has 0 aromatic carbocycles. The van der Waals surface area contributed by atoms with Crippen molar-refractivity contribution >= 4 is 11.9 Å². The van der Waals surface area contributed by atoms with Crippen LogP contribution < -0.4 is 15.4 Å². The van der Waals surface area contributed by atoms with Crippen molar-refractivity contribution in [3.05, 3.63) is 23.9 Å². The topological polar surface area (TPSA) is 83.6 Å². The Morgan fingerprint density at radius 3 is 2.78 bits per heavy atom. The fourth-order valence-electron chi connectivity index (χ4n) is 2.50. The number of urea groups is 1. The first-order valence-electron chi connectivity index (χ1n) is 7.91. The number of ether oxygens (including phenoxy) is 1. The first-order valence-corrected chi connectivity index (χ1v) is 7.91. The van der Waals surface area contributed by atoms with Gasteiger partial charge in [-0.1, -0.05) is 0 Å². The maximum atomic E-state index is 12.1. The minimum atomic E-state index is -0.268. The molecule has 3 amide bonds. The fraction of sp³-hybridized carbons (Fsp3) is 0.562. The average molecular weight is 320 g/mol. The van der Waals surface area contributed by atoms with E-state index in [1.54, 1.807) is 13.2 Å². The smallest absolute Gasteiger partial charge is 0.314 e. The number of carbonyl (C=O) groups is 2. The number of hydrogen-bond acceptors (Lipinski definition) is 4. The van der Waals surface area contributed by atoms with Gasteiger partial charge in [0, 0.05) is 58.2 Å². The zero-order valence-electron chi connectivity index (χ0n) is 13.7. The van der Waals surface area contributed by atoms with Gasteiger partial charge in [-0.2, -0.15) is 0 Å². The van der Waals surface area contributed by atoms with Gasteiger partial charge in [-0.25, -0.2) is 9.78 Å². The Bertz CT molecular complexity index is 542. The van der Waals surface area contributed by atoms with E-state index in [1.807, 2.05) is 24.0 Å². The van der Waals surface area contributed by atoms with Gasteiger partial charge < -0.3 is 20.3 Å². The van der Waals surface area contributed by atoms with Crippen molar-refractivity contribution in [2.24, 2.45) is 0 Å². The van der Waals surface area contributed by atoms with Crippen LogP contribution in [0.3, 0.4) is 0 Å². The van der Waals surface area contributed by atoms with Crippen LogP contribution in [-0.2, 0) is 4.79 Å². The van der Waals surface area contributed by atoms with E-state index in [9.17, 15) is 9.59 Å². The standard InChI is InChI=1S/C16H24N4O3/c1-12-3-7-18-14(11-12)23-13-5-9-20(10-6-13)15(21)4-8-19-16(22)17-2/h3,7,11,13H,4-6,8-10H2,1-2H3,(H2,17,19,22). The molecule has 1 aromatic heterocycles. The Morgan fingerprint density at radius 2 is 2.13 bits per heavy atom. The van der Waals surface area contributed by atoms with Crippen molar-refractivity contribution in [3.63, 3.8) is 0 Å². The lowest BCUT2D eigenvalue weighted by atomic mass is 10.1. The Labute approximate surface area is 136 Å². The molecule has 7 heteroatoms. The summed E-state index contributed by atoms with van der Waals surface area (Å²) < 4.78 is 5.88. The summed E-state index contributed by atoms with van der Waals surface area (Å²) in [5.74, 6) is 0.707. The number of piperidine rings is 1. The fourth-order valence-corrected chi connectivity index (χ4v) is 2.50. The van der Waals surface area contributed by atoms with E-state index in [2.05, 4.69) is 15.6 Å². The van der Waals surface area contributed by atoms with Crippen molar-refractivity contribution < 1.29 is 14.3 Å². The van der Waals surface area contributed by atoms with Gasteiger partial charge >= 0.3 is 6.03 Å². The van der Waals surface area contributed by atoms with Gasteiger partial charge in [0.2, 0.25) is 11.8 Å². The quantitative estimate of drug-likeness (QED) is 0.850. The van der Waals surface area contributed by atoms with Crippen LogP contribution in [0.5, 0.6) is 5.88 Å². The molecule has 126 valence electrons. The zero-order chi connectivity index (χ0) is 16.7. The second-order valence-corrected chi connectivity index (χ2v) is 5.63. The molecule has 1 aliphatic rings. The third kappa shape index (κ3) is 5.43. The summed E-state index contributed by atoms with van der Waals surface area (Å²) in [6.45, 7) is 3.70. The molecule has 1 saturated heterocycles. The van der Waals surface area contributed by atoms with Gasteiger partial charge in [0.15, 0.2) is 0 Å². The predicted molar refractivity (Wildman–Crippen MR) is 86.3 cm³/mol. The number of amides is 3. The predicted octanol–water partition coefficient (Wildman–Crippen LogP) is 1.08. The van der Waals surface area contributed by atoms with Gasteiger partial charge in [0.25, 0.3) is 0 Å². The van der Waals surface area contributed by atoms with E-state index in [0.29, 0.717) is 31.9 Å². The summed E-state index contributed by atoms with van der Waals surface area (Å²) in [6, 6.07) is 3.58. The molecule has 23 heavy (non-hydrogen) atoms. The number of nitrogens with one attached hydrogen (secondary N) is 2.